The maximum atomic E-state index is 11.6. The zero-order valence-electron chi connectivity index (χ0n) is 9.51. The summed E-state index contributed by atoms with van der Waals surface area (Å²) >= 11 is 0. The van der Waals surface area contributed by atoms with Gasteiger partial charge in [0.05, 0.1) is 11.1 Å². The Morgan fingerprint density at radius 2 is 1.56 bits per heavy atom. The SMILES string of the molecule is O=C(O)c1cc([O-])c2cc(C(=O)O)ccc2c1.[Li+]. The molecule has 0 unspecified atom stereocenters. The quantitative estimate of drug-likeness (QED) is 0.608. The molecule has 0 saturated carbocycles. The van der Waals surface area contributed by atoms with Crippen LogP contribution in [-0.4, -0.2) is 22.2 Å². The first-order chi connectivity index (χ1) is 7.99. The van der Waals surface area contributed by atoms with Crippen LogP contribution in [0.15, 0.2) is 30.3 Å². The van der Waals surface area contributed by atoms with Crippen molar-refractivity contribution in [3.8, 4) is 5.75 Å². The molecular weight excluding hydrogens is 231 g/mol. The second kappa shape index (κ2) is 5.13. The van der Waals surface area contributed by atoms with Gasteiger partial charge in [-0.15, -0.1) is 5.75 Å². The first kappa shape index (κ1) is 14.1. The summed E-state index contributed by atoms with van der Waals surface area (Å²) in [6.07, 6.45) is 0. The molecule has 0 heterocycles. The van der Waals surface area contributed by atoms with Gasteiger partial charge in [-0.1, -0.05) is 12.1 Å². The van der Waals surface area contributed by atoms with E-state index in [0.29, 0.717) is 5.39 Å². The standard InChI is InChI=1S/C12H8O5.Li/c13-10-5-8(12(16)17)3-6-1-2-7(11(14)15)4-9(6)10;/h1-5,13H,(H,14,15)(H,16,17);/q;+1/p-1. The van der Waals surface area contributed by atoms with E-state index in [4.69, 9.17) is 10.2 Å². The molecule has 0 bridgehead atoms. The molecule has 0 spiro atoms. The molecule has 0 fully saturated rings. The van der Waals surface area contributed by atoms with Crippen molar-refractivity contribution in [2.24, 2.45) is 0 Å². The van der Waals surface area contributed by atoms with Crippen molar-refractivity contribution < 1.29 is 43.8 Å². The predicted molar refractivity (Wildman–Crippen MR) is 57.3 cm³/mol. The van der Waals surface area contributed by atoms with Crippen LogP contribution in [0.2, 0.25) is 0 Å². The van der Waals surface area contributed by atoms with Crippen LogP contribution < -0.4 is 24.0 Å². The Morgan fingerprint density at radius 3 is 2.11 bits per heavy atom. The van der Waals surface area contributed by atoms with E-state index in [2.05, 4.69) is 0 Å². The van der Waals surface area contributed by atoms with Gasteiger partial charge in [-0.3, -0.25) is 0 Å². The number of fused-ring (bicyclic) bond motifs is 1. The fraction of sp³-hybridized carbons (Fsp3) is 0. The van der Waals surface area contributed by atoms with Gasteiger partial charge in [0.1, 0.15) is 0 Å². The molecule has 2 aromatic rings. The first-order valence-electron chi connectivity index (χ1n) is 4.70. The summed E-state index contributed by atoms with van der Waals surface area (Å²) in [7, 11) is 0. The second-order valence-corrected chi connectivity index (χ2v) is 3.52. The Kier molecular flexibility index (Phi) is 4.02. The fourth-order valence-electron chi connectivity index (χ4n) is 1.58. The molecule has 2 N–H and O–H groups in total. The minimum absolute atomic E-state index is 0. The van der Waals surface area contributed by atoms with Crippen molar-refractivity contribution >= 4 is 22.7 Å². The van der Waals surface area contributed by atoms with Gasteiger partial charge in [-0.2, -0.15) is 0 Å². The number of hydrogen-bond donors (Lipinski definition) is 2. The van der Waals surface area contributed by atoms with Gasteiger partial charge < -0.3 is 15.3 Å². The topological polar surface area (TPSA) is 97.7 Å². The molecule has 18 heavy (non-hydrogen) atoms. The number of aromatic carboxylic acids is 2. The number of rotatable bonds is 2. The average molecular weight is 238 g/mol. The summed E-state index contributed by atoms with van der Waals surface area (Å²) in [6.45, 7) is 0. The molecule has 5 nitrogen and oxygen atoms in total. The third-order valence-corrected chi connectivity index (χ3v) is 2.41. The largest absolute Gasteiger partial charge is 1.00 e. The van der Waals surface area contributed by atoms with Crippen LogP contribution in [0.5, 0.6) is 5.75 Å². The molecule has 0 aliphatic carbocycles. The minimum atomic E-state index is -1.19. The molecule has 2 aromatic carbocycles. The van der Waals surface area contributed by atoms with Crippen LogP contribution in [0, 0.1) is 0 Å². The second-order valence-electron chi connectivity index (χ2n) is 3.52. The number of benzene rings is 2. The van der Waals surface area contributed by atoms with Gasteiger partial charge in [-0.05, 0) is 29.0 Å². The zero-order valence-corrected chi connectivity index (χ0v) is 9.51. The van der Waals surface area contributed by atoms with E-state index < -0.39 is 17.7 Å². The van der Waals surface area contributed by atoms with Crippen LogP contribution in [0.4, 0.5) is 0 Å². The van der Waals surface area contributed by atoms with E-state index in [1.54, 1.807) is 0 Å². The van der Waals surface area contributed by atoms with E-state index in [-0.39, 0.29) is 35.4 Å². The summed E-state index contributed by atoms with van der Waals surface area (Å²) in [5.74, 6) is -2.82. The summed E-state index contributed by atoms with van der Waals surface area (Å²) in [5, 5.41) is 29.8. The third kappa shape index (κ3) is 2.48. The Hall–Kier alpha value is -1.96. The summed E-state index contributed by atoms with van der Waals surface area (Å²) in [5.41, 5.74) is -0.108. The molecule has 0 saturated heterocycles. The molecule has 6 heteroatoms. The summed E-state index contributed by atoms with van der Waals surface area (Å²) in [4.78, 5) is 21.5. The first-order valence-corrected chi connectivity index (χ1v) is 4.70. The number of hydrogen-bond acceptors (Lipinski definition) is 3. The van der Waals surface area contributed by atoms with Crippen molar-refractivity contribution in [2.75, 3.05) is 0 Å². The average Bonchev–Trinajstić information content (AvgIpc) is 2.28. The zero-order chi connectivity index (χ0) is 12.6. The molecule has 0 atom stereocenters. The number of carboxylic acids is 2. The van der Waals surface area contributed by atoms with Crippen LogP contribution in [-0.2, 0) is 0 Å². The Bertz CT molecular complexity index is 636. The van der Waals surface area contributed by atoms with Crippen molar-refractivity contribution in [2.45, 2.75) is 0 Å². The third-order valence-electron chi connectivity index (χ3n) is 2.41. The van der Waals surface area contributed by atoms with Crippen molar-refractivity contribution in [3.63, 3.8) is 0 Å². The van der Waals surface area contributed by atoms with Gasteiger partial charge in [0.25, 0.3) is 0 Å². The van der Waals surface area contributed by atoms with Crippen molar-refractivity contribution in [3.05, 3.63) is 41.5 Å². The molecular formula is C12H7LiO5. The Morgan fingerprint density at radius 1 is 0.944 bits per heavy atom. The smallest absolute Gasteiger partial charge is 0.872 e. The van der Waals surface area contributed by atoms with Crippen molar-refractivity contribution in [1.29, 1.82) is 0 Å². The molecule has 86 valence electrons. The molecule has 0 aliphatic rings. The van der Waals surface area contributed by atoms with E-state index in [0.717, 1.165) is 6.07 Å². The Balaban J connectivity index is 0.00000162. The van der Waals surface area contributed by atoms with Gasteiger partial charge in [-0.25, -0.2) is 9.59 Å². The van der Waals surface area contributed by atoms with Crippen molar-refractivity contribution in [1.82, 2.24) is 0 Å². The molecule has 2 rings (SSSR count). The maximum Gasteiger partial charge on any atom is 1.00 e. The fourth-order valence-corrected chi connectivity index (χ4v) is 1.58. The number of carbonyl (C=O) groups is 2. The van der Waals surface area contributed by atoms with Crippen LogP contribution >= 0.6 is 0 Å². The van der Waals surface area contributed by atoms with Gasteiger partial charge in [0, 0.05) is 0 Å². The maximum absolute atomic E-state index is 11.6. The predicted octanol–water partition coefficient (Wildman–Crippen LogP) is -1.69. The number of carboxylic acid groups (broad SMARTS) is 2. The normalized spacial score (nSPS) is 9.78. The molecule has 0 amide bonds. The van der Waals surface area contributed by atoms with E-state index in [9.17, 15) is 14.7 Å². The van der Waals surface area contributed by atoms with Crippen LogP contribution in [0.3, 0.4) is 0 Å². The minimum Gasteiger partial charge on any atom is -0.872 e. The van der Waals surface area contributed by atoms with Gasteiger partial charge >= 0.3 is 30.8 Å². The molecule has 0 radical (unpaired) electrons. The summed E-state index contributed by atoms with van der Waals surface area (Å²) in [6, 6.07) is 6.31. The molecule has 0 aliphatic heterocycles. The monoisotopic (exact) mass is 238 g/mol. The van der Waals surface area contributed by atoms with E-state index in [1.807, 2.05) is 0 Å². The van der Waals surface area contributed by atoms with E-state index in [1.165, 1.54) is 24.3 Å². The van der Waals surface area contributed by atoms with Gasteiger partial charge in [0.2, 0.25) is 0 Å². The van der Waals surface area contributed by atoms with Crippen LogP contribution in [0.1, 0.15) is 20.7 Å². The summed E-state index contributed by atoms with van der Waals surface area (Å²) < 4.78 is 0. The molecule has 0 aromatic heterocycles. The van der Waals surface area contributed by atoms with E-state index >= 15 is 0 Å². The van der Waals surface area contributed by atoms with Gasteiger partial charge in [0.15, 0.2) is 0 Å². The van der Waals surface area contributed by atoms with Crippen LogP contribution in [0.25, 0.3) is 10.8 Å². The Labute approximate surface area is 114 Å².